The smallest absolute Gasteiger partial charge is 0.184 e. The lowest BCUT2D eigenvalue weighted by Gasteiger charge is -2.10. The van der Waals surface area contributed by atoms with Crippen molar-refractivity contribution in [2.75, 3.05) is 5.32 Å². The molecule has 132 valence electrons. The van der Waals surface area contributed by atoms with E-state index in [9.17, 15) is 0 Å². The monoisotopic (exact) mass is 346 g/mol. The minimum atomic E-state index is 0.632. The molecular weight excluding hydrogens is 324 g/mol. The first-order chi connectivity index (χ1) is 12.7. The summed E-state index contributed by atoms with van der Waals surface area (Å²) in [6.07, 6.45) is 3.78. The number of nitrogens with one attached hydrogen (secondary N) is 1. The van der Waals surface area contributed by atoms with Crippen LogP contribution in [0.15, 0.2) is 36.5 Å². The van der Waals surface area contributed by atoms with Crippen LogP contribution in [0.4, 0.5) is 5.82 Å². The Morgan fingerprint density at radius 2 is 1.96 bits per heavy atom. The summed E-state index contributed by atoms with van der Waals surface area (Å²) < 4.78 is 1.87. The molecule has 4 aromatic heterocycles. The first kappa shape index (κ1) is 16.4. The number of aryl methyl sites for hydroxylation is 3. The summed E-state index contributed by atoms with van der Waals surface area (Å²) in [4.78, 5) is 13.8. The number of hydrogen-bond donors (Lipinski definition) is 1. The van der Waals surface area contributed by atoms with E-state index in [1.54, 1.807) is 6.20 Å². The average Bonchev–Trinajstić information content (AvgIpc) is 2.99. The molecular formula is C20H22N6. The van der Waals surface area contributed by atoms with Crippen molar-refractivity contribution < 1.29 is 0 Å². The lowest BCUT2D eigenvalue weighted by Crippen LogP contribution is -2.08. The quantitative estimate of drug-likeness (QED) is 0.594. The lowest BCUT2D eigenvalue weighted by atomic mass is 10.2. The first-order valence-electron chi connectivity index (χ1n) is 8.96. The van der Waals surface area contributed by atoms with E-state index >= 15 is 0 Å². The Kier molecular flexibility index (Phi) is 4.24. The maximum absolute atomic E-state index is 4.86. The fraction of sp³-hybridized carbons (Fsp3) is 0.300. The summed E-state index contributed by atoms with van der Waals surface area (Å²) in [7, 11) is 0. The second-order valence-corrected chi connectivity index (χ2v) is 6.57. The second-order valence-electron chi connectivity index (χ2n) is 6.57. The van der Waals surface area contributed by atoms with E-state index in [2.05, 4.69) is 41.3 Å². The molecule has 0 saturated carbocycles. The van der Waals surface area contributed by atoms with Gasteiger partial charge >= 0.3 is 0 Å². The van der Waals surface area contributed by atoms with Gasteiger partial charge < -0.3 is 5.32 Å². The molecule has 4 heterocycles. The van der Waals surface area contributed by atoms with Gasteiger partial charge in [0.2, 0.25) is 0 Å². The Morgan fingerprint density at radius 3 is 2.73 bits per heavy atom. The zero-order chi connectivity index (χ0) is 18.1. The summed E-state index contributed by atoms with van der Waals surface area (Å²) in [5, 5.41) is 9.20. The molecule has 0 amide bonds. The van der Waals surface area contributed by atoms with Crippen molar-refractivity contribution in [3.8, 4) is 0 Å². The van der Waals surface area contributed by atoms with Crippen LogP contribution in [0.1, 0.15) is 36.0 Å². The summed E-state index contributed by atoms with van der Waals surface area (Å²) in [6, 6.07) is 10.1. The molecule has 26 heavy (non-hydrogen) atoms. The number of pyridine rings is 2. The minimum Gasteiger partial charge on any atom is -0.364 e. The highest BCUT2D eigenvalue weighted by Gasteiger charge is 2.15. The molecule has 0 radical (unpaired) electrons. The van der Waals surface area contributed by atoms with Gasteiger partial charge in [0.05, 0.1) is 17.6 Å². The van der Waals surface area contributed by atoms with Crippen LogP contribution >= 0.6 is 0 Å². The normalized spacial score (nSPS) is 11.3. The van der Waals surface area contributed by atoms with E-state index in [1.807, 2.05) is 29.6 Å². The van der Waals surface area contributed by atoms with Gasteiger partial charge in [-0.25, -0.2) is 9.97 Å². The molecule has 0 fully saturated rings. The van der Waals surface area contributed by atoms with Crippen molar-refractivity contribution in [3.63, 3.8) is 0 Å². The third-order valence-electron chi connectivity index (χ3n) is 4.41. The van der Waals surface area contributed by atoms with Gasteiger partial charge in [-0.1, -0.05) is 19.4 Å². The van der Waals surface area contributed by atoms with Gasteiger partial charge in [0.25, 0.3) is 0 Å². The van der Waals surface area contributed by atoms with Crippen LogP contribution in [0.2, 0.25) is 0 Å². The summed E-state index contributed by atoms with van der Waals surface area (Å²) in [5.41, 5.74) is 5.76. The van der Waals surface area contributed by atoms with E-state index in [1.165, 1.54) is 0 Å². The van der Waals surface area contributed by atoms with E-state index in [0.29, 0.717) is 6.54 Å². The topological polar surface area (TPSA) is 68.0 Å². The fourth-order valence-corrected chi connectivity index (χ4v) is 3.27. The van der Waals surface area contributed by atoms with Crippen molar-refractivity contribution in [1.29, 1.82) is 0 Å². The van der Waals surface area contributed by atoms with Crippen LogP contribution in [-0.4, -0.2) is 24.6 Å². The van der Waals surface area contributed by atoms with Crippen LogP contribution < -0.4 is 5.32 Å². The van der Waals surface area contributed by atoms with Crippen LogP contribution in [0.25, 0.3) is 16.7 Å². The van der Waals surface area contributed by atoms with Crippen LogP contribution in [0, 0.1) is 13.8 Å². The summed E-state index contributed by atoms with van der Waals surface area (Å²) in [5.74, 6) is 0.916. The third-order valence-corrected chi connectivity index (χ3v) is 4.41. The van der Waals surface area contributed by atoms with E-state index in [0.717, 1.165) is 58.0 Å². The van der Waals surface area contributed by atoms with Crippen molar-refractivity contribution in [3.05, 3.63) is 59.2 Å². The second kappa shape index (κ2) is 6.71. The fourth-order valence-electron chi connectivity index (χ4n) is 3.27. The molecule has 0 aliphatic carbocycles. The Morgan fingerprint density at radius 1 is 1.08 bits per heavy atom. The van der Waals surface area contributed by atoms with Gasteiger partial charge in [-0.3, -0.25) is 4.98 Å². The largest absolute Gasteiger partial charge is 0.364 e. The SMILES string of the molecule is CCCc1cc(NCc2ccccn2)n2nc3nc(C)cc(C)c3c2n1. The molecule has 6 nitrogen and oxygen atoms in total. The highest BCUT2D eigenvalue weighted by atomic mass is 15.3. The van der Waals surface area contributed by atoms with Crippen molar-refractivity contribution in [2.24, 2.45) is 0 Å². The Balaban J connectivity index is 1.85. The Bertz CT molecular complexity index is 1070. The van der Waals surface area contributed by atoms with Crippen molar-refractivity contribution in [2.45, 2.75) is 40.2 Å². The molecule has 0 saturated heterocycles. The van der Waals surface area contributed by atoms with Gasteiger partial charge in [0.1, 0.15) is 5.82 Å². The molecule has 0 unspecified atom stereocenters. The summed E-state index contributed by atoms with van der Waals surface area (Å²) >= 11 is 0. The van der Waals surface area contributed by atoms with Crippen LogP contribution in [0.3, 0.4) is 0 Å². The Labute approximate surface area is 152 Å². The predicted molar refractivity (Wildman–Crippen MR) is 103 cm³/mol. The zero-order valence-corrected chi connectivity index (χ0v) is 15.3. The van der Waals surface area contributed by atoms with Crippen molar-refractivity contribution >= 4 is 22.5 Å². The summed E-state index contributed by atoms with van der Waals surface area (Å²) in [6.45, 7) is 6.88. The van der Waals surface area contributed by atoms with Crippen LogP contribution in [0.5, 0.6) is 0 Å². The van der Waals surface area contributed by atoms with E-state index < -0.39 is 0 Å². The van der Waals surface area contributed by atoms with Gasteiger partial charge in [-0.05, 0) is 44.0 Å². The highest BCUT2D eigenvalue weighted by molar-refractivity contribution is 5.93. The lowest BCUT2D eigenvalue weighted by molar-refractivity contribution is 0.856. The highest BCUT2D eigenvalue weighted by Crippen LogP contribution is 2.25. The maximum Gasteiger partial charge on any atom is 0.184 e. The Hall–Kier alpha value is -3.02. The number of fused-ring (bicyclic) bond motifs is 3. The zero-order valence-electron chi connectivity index (χ0n) is 15.3. The predicted octanol–water partition coefficient (Wildman–Crippen LogP) is 3.85. The molecule has 4 aromatic rings. The van der Waals surface area contributed by atoms with Gasteiger partial charge in [0.15, 0.2) is 11.3 Å². The molecule has 1 N–H and O–H groups in total. The van der Waals surface area contributed by atoms with Crippen LogP contribution in [-0.2, 0) is 13.0 Å². The van der Waals surface area contributed by atoms with Gasteiger partial charge in [0, 0.05) is 23.7 Å². The molecule has 0 aliphatic rings. The van der Waals surface area contributed by atoms with Crippen molar-refractivity contribution in [1.82, 2.24) is 24.6 Å². The van der Waals surface area contributed by atoms with E-state index in [4.69, 9.17) is 10.1 Å². The molecule has 0 bridgehead atoms. The maximum atomic E-state index is 4.86. The third kappa shape index (κ3) is 2.98. The molecule has 0 aliphatic heterocycles. The molecule has 0 aromatic carbocycles. The minimum absolute atomic E-state index is 0.632. The number of anilines is 1. The number of hydrogen-bond acceptors (Lipinski definition) is 5. The van der Waals surface area contributed by atoms with Gasteiger partial charge in [-0.2, -0.15) is 4.52 Å². The number of nitrogens with zero attached hydrogens (tertiary/aromatic N) is 5. The molecule has 6 heteroatoms. The molecule has 0 spiro atoms. The molecule has 0 atom stereocenters. The molecule has 4 rings (SSSR count). The number of aromatic nitrogens is 5. The first-order valence-corrected chi connectivity index (χ1v) is 8.96. The average molecular weight is 346 g/mol. The van der Waals surface area contributed by atoms with Gasteiger partial charge in [-0.15, -0.1) is 5.10 Å². The number of rotatable bonds is 5. The van der Waals surface area contributed by atoms with E-state index in [-0.39, 0.29) is 0 Å². The standard InChI is InChI=1S/C20H22N6/c1-4-7-15-11-17(22-12-16-8-5-6-9-21-16)26-20(24-15)18-13(2)10-14(3)23-19(18)25-26/h5-6,8-11,22H,4,7,12H2,1-3H3.